The zero-order valence-corrected chi connectivity index (χ0v) is 17.8. The minimum atomic E-state index is 0.716. The molecule has 1 saturated heterocycles. The topological polar surface area (TPSA) is 46.4 Å². The average Bonchev–Trinajstić information content (AvgIpc) is 3.18. The normalized spacial score (nSPS) is 15.2. The van der Waals surface area contributed by atoms with Gasteiger partial charge in [-0.05, 0) is 49.1 Å². The van der Waals surface area contributed by atoms with E-state index in [4.69, 9.17) is 4.74 Å². The van der Waals surface area contributed by atoms with Crippen LogP contribution in [0.1, 0.15) is 24.0 Å². The third kappa shape index (κ3) is 5.60. The Balaban J connectivity index is 1.23. The van der Waals surface area contributed by atoms with E-state index >= 15 is 0 Å². The second-order valence-electron chi connectivity index (χ2n) is 7.93. The second-order valence-corrected chi connectivity index (χ2v) is 7.93. The van der Waals surface area contributed by atoms with Crippen LogP contribution < -0.4 is 9.64 Å². The number of rotatable bonds is 8. The molecule has 0 spiro atoms. The highest BCUT2D eigenvalue weighted by Gasteiger charge is 2.16. The van der Waals surface area contributed by atoms with E-state index < -0.39 is 0 Å². The maximum atomic E-state index is 5.88. The van der Waals surface area contributed by atoms with Crippen molar-refractivity contribution in [3.05, 3.63) is 72.6 Å². The van der Waals surface area contributed by atoms with Crippen LogP contribution in [0.4, 0.5) is 5.69 Å². The fourth-order valence-electron chi connectivity index (χ4n) is 4.00. The Morgan fingerprint density at radius 3 is 2.67 bits per heavy atom. The summed E-state index contributed by atoms with van der Waals surface area (Å²) < 4.78 is 7.96. The molecule has 1 aliphatic heterocycles. The number of anilines is 1. The molecule has 0 radical (unpaired) electrons. The molecule has 3 aromatic rings. The van der Waals surface area contributed by atoms with Gasteiger partial charge in [0.25, 0.3) is 0 Å². The van der Waals surface area contributed by atoms with Crippen molar-refractivity contribution in [2.75, 3.05) is 37.7 Å². The number of pyridine rings is 1. The van der Waals surface area contributed by atoms with Crippen LogP contribution in [0.15, 0.2) is 61.4 Å². The number of nitrogens with zero attached hydrogens (tertiary/aromatic N) is 5. The molecule has 1 aromatic carbocycles. The van der Waals surface area contributed by atoms with Crippen molar-refractivity contribution in [2.24, 2.45) is 0 Å². The molecule has 0 bridgehead atoms. The van der Waals surface area contributed by atoms with Crippen LogP contribution in [-0.4, -0.2) is 52.2 Å². The Morgan fingerprint density at radius 1 is 0.967 bits per heavy atom. The maximum Gasteiger partial charge on any atom is 0.119 e. The number of aromatic nitrogens is 3. The zero-order chi connectivity index (χ0) is 20.6. The van der Waals surface area contributed by atoms with Crippen molar-refractivity contribution in [1.29, 1.82) is 0 Å². The van der Waals surface area contributed by atoms with Gasteiger partial charge in [0.1, 0.15) is 5.75 Å². The third-order valence-corrected chi connectivity index (χ3v) is 5.64. The first-order chi connectivity index (χ1) is 14.8. The molecule has 6 nitrogen and oxygen atoms in total. The molecule has 0 atom stereocenters. The Morgan fingerprint density at radius 2 is 1.87 bits per heavy atom. The first kappa shape index (κ1) is 20.4. The molecule has 1 aliphatic rings. The SMILES string of the molecule is Cc1cnccc1N1CCCN(Cc2ccc(OCCCn3ccnc3)cc2)CC1. The lowest BCUT2D eigenvalue weighted by molar-refractivity contribution is 0.284. The largest absolute Gasteiger partial charge is 0.494 e. The smallest absolute Gasteiger partial charge is 0.119 e. The fraction of sp³-hybridized carbons (Fsp3) is 0.417. The van der Waals surface area contributed by atoms with E-state index in [2.05, 4.69) is 61.6 Å². The zero-order valence-electron chi connectivity index (χ0n) is 17.8. The molecule has 0 N–H and O–H groups in total. The van der Waals surface area contributed by atoms with E-state index in [-0.39, 0.29) is 0 Å². The van der Waals surface area contributed by atoms with Crippen molar-refractivity contribution in [1.82, 2.24) is 19.4 Å². The van der Waals surface area contributed by atoms with E-state index in [0.29, 0.717) is 6.61 Å². The lowest BCUT2D eigenvalue weighted by Crippen LogP contribution is -2.30. The summed E-state index contributed by atoms with van der Waals surface area (Å²) in [6, 6.07) is 10.7. The van der Waals surface area contributed by atoms with Gasteiger partial charge >= 0.3 is 0 Å². The van der Waals surface area contributed by atoms with E-state index in [1.54, 1.807) is 0 Å². The molecular formula is C24H31N5O. The minimum Gasteiger partial charge on any atom is -0.494 e. The van der Waals surface area contributed by atoms with E-state index in [9.17, 15) is 0 Å². The van der Waals surface area contributed by atoms with Crippen molar-refractivity contribution < 1.29 is 4.74 Å². The highest BCUT2D eigenvalue weighted by atomic mass is 16.5. The van der Waals surface area contributed by atoms with Crippen LogP contribution in [-0.2, 0) is 13.1 Å². The van der Waals surface area contributed by atoms with Gasteiger partial charge in [-0.1, -0.05) is 12.1 Å². The summed E-state index contributed by atoms with van der Waals surface area (Å²) in [6.07, 6.45) is 11.6. The van der Waals surface area contributed by atoms with Gasteiger partial charge in [0.05, 0.1) is 12.9 Å². The number of ether oxygens (including phenoxy) is 1. The first-order valence-electron chi connectivity index (χ1n) is 10.8. The van der Waals surface area contributed by atoms with Gasteiger partial charge in [-0.15, -0.1) is 0 Å². The van der Waals surface area contributed by atoms with Gasteiger partial charge in [0, 0.05) is 69.7 Å². The van der Waals surface area contributed by atoms with E-state index in [1.807, 2.05) is 31.1 Å². The van der Waals surface area contributed by atoms with Crippen LogP contribution >= 0.6 is 0 Å². The van der Waals surface area contributed by atoms with Gasteiger partial charge < -0.3 is 14.2 Å². The van der Waals surface area contributed by atoms with Crippen molar-refractivity contribution >= 4 is 5.69 Å². The number of aryl methyl sites for hydroxylation is 2. The van der Waals surface area contributed by atoms with Crippen LogP contribution in [0.3, 0.4) is 0 Å². The van der Waals surface area contributed by atoms with Crippen LogP contribution in [0.25, 0.3) is 0 Å². The monoisotopic (exact) mass is 405 g/mol. The Kier molecular flexibility index (Phi) is 6.98. The molecule has 2 aromatic heterocycles. The Hall–Kier alpha value is -2.86. The summed E-state index contributed by atoms with van der Waals surface area (Å²) in [5.41, 5.74) is 3.92. The molecule has 0 aliphatic carbocycles. The lowest BCUT2D eigenvalue weighted by atomic mass is 10.2. The third-order valence-electron chi connectivity index (χ3n) is 5.64. The van der Waals surface area contributed by atoms with E-state index in [1.165, 1.54) is 23.2 Å². The molecule has 158 valence electrons. The molecule has 0 saturated carbocycles. The highest BCUT2D eigenvalue weighted by Crippen LogP contribution is 2.21. The summed E-state index contributed by atoms with van der Waals surface area (Å²) in [7, 11) is 0. The highest BCUT2D eigenvalue weighted by molar-refractivity contribution is 5.51. The average molecular weight is 406 g/mol. The number of benzene rings is 1. The molecule has 0 unspecified atom stereocenters. The summed E-state index contributed by atoms with van der Waals surface area (Å²) in [5, 5.41) is 0. The summed E-state index contributed by atoms with van der Waals surface area (Å²) >= 11 is 0. The molecular weight excluding hydrogens is 374 g/mol. The molecule has 1 fully saturated rings. The Labute approximate surface area is 179 Å². The van der Waals surface area contributed by atoms with Crippen molar-refractivity contribution in [3.63, 3.8) is 0 Å². The lowest BCUT2D eigenvalue weighted by Gasteiger charge is -2.25. The molecule has 30 heavy (non-hydrogen) atoms. The Bertz CT molecular complexity index is 894. The van der Waals surface area contributed by atoms with Crippen molar-refractivity contribution in [3.8, 4) is 5.75 Å². The summed E-state index contributed by atoms with van der Waals surface area (Å²) in [4.78, 5) is 13.3. The second kappa shape index (κ2) is 10.3. The number of hydrogen-bond acceptors (Lipinski definition) is 5. The summed E-state index contributed by atoms with van der Waals surface area (Å²) in [6.45, 7) is 9.16. The van der Waals surface area contributed by atoms with Crippen LogP contribution in [0.2, 0.25) is 0 Å². The number of imidazole rings is 1. The van der Waals surface area contributed by atoms with Crippen LogP contribution in [0.5, 0.6) is 5.75 Å². The van der Waals surface area contributed by atoms with Gasteiger partial charge in [0.2, 0.25) is 0 Å². The van der Waals surface area contributed by atoms with Crippen molar-refractivity contribution in [2.45, 2.75) is 32.9 Å². The fourth-order valence-corrected chi connectivity index (χ4v) is 4.00. The van der Waals surface area contributed by atoms with Gasteiger partial charge in [-0.25, -0.2) is 4.98 Å². The van der Waals surface area contributed by atoms with Crippen LogP contribution in [0, 0.1) is 6.92 Å². The maximum absolute atomic E-state index is 5.88. The van der Waals surface area contributed by atoms with E-state index in [0.717, 1.165) is 51.4 Å². The molecule has 4 rings (SSSR count). The quantitative estimate of drug-likeness (QED) is 0.534. The van der Waals surface area contributed by atoms with Gasteiger partial charge in [-0.3, -0.25) is 9.88 Å². The number of hydrogen-bond donors (Lipinski definition) is 0. The predicted octanol–water partition coefficient (Wildman–Crippen LogP) is 3.77. The van der Waals surface area contributed by atoms with Gasteiger partial charge in [-0.2, -0.15) is 0 Å². The molecule has 6 heteroatoms. The minimum absolute atomic E-state index is 0.716. The molecule has 3 heterocycles. The van der Waals surface area contributed by atoms with Gasteiger partial charge in [0.15, 0.2) is 0 Å². The molecule has 0 amide bonds. The summed E-state index contributed by atoms with van der Waals surface area (Å²) in [5.74, 6) is 0.944. The predicted molar refractivity (Wildman–Crippen MR) is 120 cm³/mol. The standard InChI is InChI=1S/C24H31N5O/c1-21-18-25-9-8-24(21)29-13-2-11-27(15-16-29)19-22-4-6-23(7-5-22)30-17-3-12-28-14-10-26-20-28/h4-10,14,18,20H,2-3,11-13,15-17,19H2,1H3. The first-order valence-corrected chi connectivity index (χ1v) is 10.8.